The van der Waals surface area contributed by atoms with E-state index in [9.17, 15) is 0 Å². The average Bonchev–Trinajstić information content (AvgIpc) is 2.83. The van der Waals surface area contributed by atoms with Crippen molar-refractivity contribution in [3.8, 4) is 17.2 Å². The maximum atomic E-state index is 7.07. The van der Waals surface area contributed by atoms with E-state index in [2.05, 4.69) is 179 Å². The predicted octanol–water partition coefficient (Wildman–Crippen LogP) is 14.1. The second-order valence-corrected chi connectivity index (χ2v) is 21.8. The van der Waals surface area contributed by atoms with Crippen molar-refractivity contribution in [3.05, 3.63) is 88.0 Å². The Hall–Kier alpha value is -2.51. The molecule has 0 aliphatic heterocycles. The van der Waals surface area contributed by atoms with Crippen LogP contribution in [0.5, 0.6) is 17.2 Å². The zero-order valence-corrected chi connectivity index (χ0v) is 35.4. The van der Waals surface area contributed by atoms with Gasteiger partial charge in [-0.05, 0) is 86.6 Å². The molecule has 0 atom stereocenters. The first-order valence-corrected chi connectivity index (χ1v) is 19.4. The van der Waals surface area contributed by atoms with Gasteiger partial charge in [0.1, 0.15) is 17.2 Å². The number of benzene rings is 3. The summed E-state index contributed by atoms with van der Waals surface area (Å²) in [6.07, 6.45) is 2.84. The number of hydrogen-bond acceptors (Lipinski definition) is 3. The third-order valence-electron chi connectivity index (χ3n) is 8.27. The first-order chi connectivity index (χ1) is 22.1. The molecule has 3 aromatic rings. The Kier molecular flexibility index (Phi) is 12.2. The van der Waals surface area contributed by atoms with Gasteiger partial charge < -0.3 is 13.6 Å². The van der Waals surface area contributed by atoms with E-state index in [0.717, 1.165) is 36.5 Å². The summed E-state index contributed by atoms with van der Waals surface area (Å²) in [5.41, 5.74) is 7.47. The van der Waals surface area contributed by atoms with Gasteiger partial charge in [0.15, 0.2) is 0 Å². The highest BCUT2D eigenvalue weighted by Gasteiger charge is 2.34. The molecule has 0 amide bonds. The first-order valence-electron chi connectivity index (χ1n) is 18.3. The van der Waals surface area contributed by atoms with Crippen LogP contribution in [0.3, 0.4) is 0 Å². The Balaban J connectivity index is 2.29. The average molecular weight is 689 g/mol. The second-order valence-electron chi connectivity index (χ2n) is 20.8. The summed E-state index contributed by atoms with van der Waals surface area (Å²) in [7, 11) is -1.92. The lowest BCUT2D eigenvalue weighted by Crippen LogP contribution is -2.22. The van der Waals surface area contributed by atoms with E-state index in [4.69, 9.17) is 13.6 Å². The summed E-state index contributed by atoms with van der Waals surface area (Å²) in [5, 5.41) is 0. The zero-order valence-electron chi connectivity index (χ0n) is 34.5. The highest BCUT2D eigenvalue weighted by Crippen LogP contribution is 2.51. The zero-order chi connectivity index (χ0) is 37.4. The molecule has 3 rings (SSSR count). The quantitative estimate of drug-likeness (QED) is 0.209. The van der Waals surface area contributed by atoms with Gasteiger partial charge in [-0.25, -0.2) is 0 Å². The molecule has 0 bridgehead atoms. The molecular formula is C45H69O3P. The number of hydrogen-bond donors (Lipinski definition) is 0. The lowest BCUT2D eigenvalue weighted by molar-refractivity contribution is 0.365. The smallest absolute Gasteiger partial charge is 0.408 e. The Morgan fingerprint density at radius 1 is 0.367 bits per heavy atom. The summed E-state index contributed by atoms with van der Waals surface area (Å²) in [6.45, 7) is 41.1. The highest BCUT2D eigenvalue weighted by atomic mass is 31.2. The third kappa shape index (κ3) is 12.1. The lowest BCUT2D eigenvalue weighted by Gasteiger charge is -2.32. The van der Waals surface area contributed by atoms with Crippen molar-refractivity contribution in [2.45, 2.75) is 160 Å². The Bertz CT molecular complexity index is 1370. The van der Waals surface area contributed by atoms with E-state index >= 15 is 0 Å². The van der Waals surface area contributed by atoms with E-state index in [1.807, 2.05) is 0 Å². The monoisotopic (exact) mass is 688 g/mol. The summed E-state index contributed by atoms with van der Waals surface area (Å²) >= 11 is 0. The van der Waals surface area contributed by atoms with Gasteiger partial charge in [0.05, 0.1) is 0 Å². The Morgan fingerprint density at radius 3 is 0.776 bits per heavy atom. The number of rotatable bonds is 9. The van der Waals surface area contributed by atoms with Crippen molar-refractivity contribution in [2.24, 2.45) is 16.2 Å². The van der Waals surface area contributed by atoms with Gasteiger partial charge in [0.2, 0.25) is 0 Å². The van der Waals surface area contributed by atoms with E-state index in [0.29, 0.717) is 0 Å². The molecule has 0 aliphatic rings. The molecule has 0 spiro atoms. The van der Waals surface area contributed by atoms with Gasteiger partial charge >= 0.3 is 8.60 Å². The van der Waals surface area contributed by atoms with Gasteiger partial charge in [-0.2, -0.15) is 0 Å². The molecular weight excluding hydrogens is 619 g/mol. The van der Waals surface area contributed by atoms with Gasteiger partial charge in [-0.15, -0.1) is 0 Å². The largest absolute Gasteiger partial charge is 0.530 e. The van der Waals surface area contributed by atoms with Crippen LogP contribution in [-0.2, 0) is 35.5 Å². The molecule has 4 heteroatoms. The third-order valence-corrected chi connectivity index (χ3v) is 9.31. The van der Waals surface area contributed by atoms with Crippen LogP contribution in [0.25, 0.3) is 0 Å². The fourth-order valence-electron chi connectivity index (χ4n) is 6.96. The minimum atomic E-state index is -1.92. The summed E-state index contributed by atoms with van der Waals surface area (Å²) < 4.78 is 21.2. The maximum Gasteiger partial charge on any atom is 0.530 e. The minimum absolute atomic E-state index is 0.126. The van der Waals surface area contributed by atoms with Crippen molar-refractivity contribution in [2.75, 3.05) is 0 Å². The highest BCUT2D eigenvalue weighted by molar-refractivity contribution is 7.43. The van der Waals surface area contributed by atoms with E-state index in [1.54, 1.807) is 0 Å². The van der Waals surface area contributed by atoms with Crippen LogP contribution in [0.1, 0.15) is 158 Å². The van der Waals surface area contributed by atoms with Gasteiger partial charge in [0, 0.05) is 16.7 Å². The van der Waals surface area contributed by atoms with Crippen LogP contribution in [0.4, 0.5) is 0 Å². The minimum Gasteiger partial charge on any atom is -0.408 e. The SMILES string of the molecule is CC(C)(C)Cc1cccc(OP(Oc2cccc(CC(C)(C)C)c2C(C)(C)C)Oc2cccc(CC(C)(C)C)c2C(C)(C)C)c1C(C)(C)C. The van der Waals surface area contributed by atoms with Crippen molar-refractivity contribution in [1.29, 1.82) is 0 Å². The Labute approximate surface area is 302 Å². The molecule has 3 nitrogen and oxygen atoms in total. The molecule has 0 fully saturated rings. The molecule has 0 unspecified atom stereocenters. The van der Waals surface area contributed by atoms with Crippen molar-refractivity contribution in [1.82, 2.24) is 0 Å². The maximum absolute atomic E-state index is 7.07. The molecule has 0 N–H and O–H groups in total. The van der Waals surface area contributed by atoms with Crippen LogP contribution in [0.2, 0.25) is 0 Å². The van der Waals surface area contributed by atoms with Crippen molar-refractivity contribution in [3.63, 3.8) is 0 Å². The van der Waals surface area contributed by atoms with Crippen molar-refractivity contribution >= 4 is 8.60 Å². The lowest BCUT2D eigenvalue weighted by atomic mass is 9.78. The van der Waals surface area contributed by atoms with E-state index in [-0.39, 0.29) is 32.5 Å². The molecule has 0 aliphatic carbocycles. The standard InChI is InChI=1S/C45H69O3P/c1-40(2,3)28-31-22-19-25-34(37(31)43(10,11)12)46-49(47-35-26-20-23-32(29-41(4,5)6)38(35)44(13,14)15)48-36-27-21-24-33(30-42(7,8)9)39(36)45(16,17)18/h19-27H,28-30H2,1-18H3. The normalized spacial score (nSPS) is 13.5. The predicted molar refractivity (Wildman–Crippen MR) is 214 cm³/mol. The molecule has 0 aromatic heterocycles. The van der Waals surface area contributed by atoms with E-state index in [1.165, 1.54) is 33.4 Å². The fraction of sp³-hybridized carbons (Fsp3) is 0.600. The molecule has 3 aromatic carbocycles. The summed E-state index contributed by atoms with van der Waals surface area (Å²) in [6, 6.07) is 19.4. The molecule has 272 valence electrons. The van der Waals surface area contributed by atoms with Gasteiger partial charge in [0.25, 0.3) is 0 Å². The topological polar surface area (TPSA) is 27.7 Å². The van der Waals surface area contributed by atoms with Gasteiger partial charge in [-0.3, -0.25) is 0 Å². The molecule has 0 heterocycles. The van der Waals surface area contributed by atoms with Crippen LogP contribution >= 0.6 is 8.60 Å². The van der Waals surface area contributed by atoms with Crippen LogP contribution in [0, 0.1) is 16.2 Å². The molecule has 0 radical (unpaired) electrons. The Morgan fingerprint density at radius 2 is 0.592 bits per heavy atom. The summed E-state index contributed by atoms with van der Waals surface area (Å²) in [5.74, 6) is 2.48. The summed E-state index contributed by atoms with van der Waals surface area (Å²) in [4.78, 5) is 0. The van der Waals surface area contributed by atoms with E-state index < -0.39 is 8.60 Å². The van der Waals surface area contributed by atoms with Crippen LogP contribution < -0.4 is 13.6 Å². The second kappa shape index (κ2) is 14.6. The molecule has 49 heavy (non-hydrogen) atoms. The molecule has 0 saturated heterocycles. The fourth-order valence-corrected chi connectivity index (χ4v) is 8.01. The van der Waals surface area contributed by atoms with Gasteiger partial charge in [-0.1, -0.05) is 161 Å². The van der Waals surface area contributed by atoms with Crippen LogP contribution in [0.15, 0.2) is 54.6 Å². The first kappa shape index (κ1) is 40.9. The molecule has 0 saturated carbocycles. The van der Waals surface area contributed by atoms with Crippen LogP contribution in [-0.4, -0.2) is 0 Å². The van der Waals surface area contributed by atoms with Crippen molar-refractivity contribution < 1.29 is 13.6 Å².